The number of hydrogen-bond acceptors (Lipinski definition) is 8. The van der Waals surface area contributed by atoms with Gasteiger partial charge in [0.25, 0.3) is 5.56 Å². The quantitative estimate of drug-likeness (QED) is 0.353. The summed E-state index contributed by atoms with van der Waals surface area (Å²) in [5, 5.41) is 14.8. The number of aliphatic hydroxyl groups is 1. The van der Waals surface area contributed by atoms with Crippen LogP contribution in [0.15, 0.2) is 52.4 Å². The fraction of sp³-hybridized carbons (Fsp3) is 0.273. The Bertz CT molecular complexity index is 1250. The van der Waals surface area contributed by atoms with Crippen molar-refractivity contribution in [3.8, 4) is 11.5 Å². The lowest BCUT2D eigenvalue weighted by atomic mass is 10.2. The normalized spacial score (nSPS) is 12.4. The van der Waals surface area contributed by atoms with E-state index in [1.165, 1.54) is 4.57 Å². The van der Waals surface area contributed by atoms with E-state index in [9.17, 15) is 14.4 Å². The van der Waals surface area contributed by atoms with Crippen LogP contribution in [0.1, 0.15) is 6.42 Å². The molecule has 0 radical (unpaired) electrons. The molecule has 172 valence electrons. The molecule has 4 rings (SSSR count). The third-order valence-electron chi connectivity index (χ3n) is 4.75. The van der Waals surface area contributed by atoms with Gasteiger partial charge in [-0.3, -0.25) is 19.5 Å². The number of urea groups is 1. The van der Waals surface area contributed by atoms with Gasteiger partial charge in [-0.1, -0.05) is 23.9 Å². The van der Waals surface area contributed by atoms with E-state index in [4.69, 9.17) is 14.6 Å². The van der Waals surface area contributed by atoms with Crippen molar-refractivity contribution < 1.29 is 24.2 Å². The fourth-order valence-corrected chi connectivity index (χ4v) is 4.09. The molecule has 33 heavy (non-hydrogen) atoms. The summed E-state index contributed by atoms with van der Waals surface area (Å²) in [6, 6.07) is 11.2. The van der Waals surface area contributed by atoms with Gasteiger partial charge in [-0.15, -0.1) is 0 Å². The summed E-state index contributed by atoms with van der Waals surface area (Å²) in [5.41, 5.74) is 0.724. The molecule has 3 N–H and O–H groups in total. The van der Waals surface area contributed by atoms with Gasteiger partial charge in [0, 0.05) is 24.9 Å². The number of nitrogens with one attached hydrogen (secondary N) is 2. The number of anilines is 1. The predicted octanol–water partition coefficient (Wildman–Crippen LogP) is 1.99. The average Bonchev–Trinajstić information content (AvgIpc) is 2.82. The molecule has 11 heteroatoms. The van der Waals surface area contributed by atoms with Crippen molar-refractivity contribution in [1.82, 2.24) is 14.9 Å². The molecular formula is C22H22N4O6S. The van der Waals surface area contributed by atoms with Crippen molar-refractivity contribution in [2.24, 2.45) is 0 Å². The molecule has 1 aliphatic rings. The van der Waals surface area contributed by atoms with Crippen LogP contribution in [-0.4, -0.2) is 52.2 Å². The first kappa shape index (κ1) is 22.6. The minimum absolute atomic E-state index is 0.0795. The zero-order chi connectivity index (χ0) is 23.2. The monoisotopic (exact) mass is 470 g/mol. The van der Waals surface area contributed by atoms with Crippen molar-refractivity contribution >= 4 is 40.3 Å². The van der Waals surface area contributed by atoms with Crippen LogP contribution in [0.3, 0.4) is 0 Å². The number of carbonyl (C=O) groups excluding carboxylic acids is 2. The fourth-order valence-electron chi connectivity index (χ4n) is 3.26. The first-order chi connectivity index (χ1) is 16.0. The number of imide groups is 1. The topological polar surface area (TPSA) is 132 Å². The van der Waals surface area contributed by atoms with Crippen LogP contribution in [0, 0.1) is 0 Å². The number of aromatic nitrogens is 2. The highest BCUT2D eigenvalue weighted by Gasteiger charge is 2.16. The van der Waals surface area contributed by atoms with Crippen molar-refractivity contribution in [2.45, 2.75) is 18.1 Å². The van der Waals surface area contributed by atoms with E-state index in [1.807, 2.05) is 0 Å². The van der Waals surface area contributed by atoms with Gasteiger partial charge in [-0.2, -0.15) is 0 Å². The molecule has 0 saturated carbocycles. The number of amides is 3. The van der Waals surface area contributed by atoms with E-state index in [2.05, 4.69) is 15.6 Å². The summed E-state index contributed by atoms with van der Waals surface area (Å²) in [6.45, 7) is 1.07. The maximum absolute atomic E-state index is 12.8. The highest BCUT2D eigenvalue weighted by Crippen LogP contribution is 2.32. The number of thioether (sulfide) groups is 1. The predicted molar refractivity (Wildman–Crippen MR) is 123 cm³/mol. The summed E-state index contributed by atoms with van der Waals surface area (Å²) in [5.74, 6) is 0.434. The third-order valence-corrected chi connectivity index (χ3v) is 5.73. The number of benzene rings is 2. The standard InChI is InChI=1S/C22H22N4O6S/c27-9-3-8-26-20(29)15-4-1-2-5-16(15)24-22(26)33-13-19(28)25-21(30)23-14-6-7-17-18(12-14)32-11-10-31-17/h1-2,4-7,12,27H,3,8-11,13H2,(H2,23,25,28,30). The molecule has 0 saturated heterocycles. The molecule has 3 amide bonds. The van der Waals surface area contributed by atoms with Crippen molar-refractivity contribution in [3.05, 3.63) is 52.8 Å². The molecule has 0 spiro atoms. The van der Waals surface area contributed by atoms with Gasteiger partial charge < -0.3 is 19.9 Å². The Morgan fingerprint density at radius 3 is 2.73 bits per heavy atom. The van der Waals surface area contributed by atoms with Gasteiger partial charge >= 0.3 is 6.03 Å². The second-order valence-electron chi connectivity index (χ2n) is 7.09. The molecular weight excluding hydrogens is 448 g/mol. The SMILES string of the molecule is O=C(CSc1nc2ccccc2c(=O)n1CCCO)NC(=O)Nc1ccc2c(c1)OCCO2. The Morgan fingerprint density at radius 2 is 1.91 bits per heavy atom. The molecule has 0 bridgehead atoms. The molecule has 0 aliphatic carbocycles. The van der Waals surface area contributed by atoms with E-state index in [0.717, 1.165) is 11.8 Å². The van der Waals surface area contributed by atoms with Gasteiger partial charge in [0.1, 0.15) is 13.2 Å². The zero-order valence-electron chi connectivity index (χ0n) is 17.6. The van der Waals surface area contributed by atoms with Crippen LogP contribution < -0.4 is 25.7 Å². The Labute approximate surface area is 192 Å². The molecule has 1 aromatic heterocycles. The zero-order valence-corrected chi connectivity index (χ0v) is 18.4. The number of nitrogens with zero attached hydrogens (tertiary/aromatic N) is 2. The van der Waals surface area contributed by atoms with E-state index >= 15 is 0 Å². The molecule has 1 aliphatic heterocycles. The first-order valence-corrected chi connectivity index (χ1v) is 11.3. The van der Waals surface area contributed by atoms with Crippen molar-refractivity contribution in [2.75, 3.05) is 30.9 Å². The maximum atomic E-state index is 12.8. The Morgan fingerprint density at radius 1 is 1.12 bits per heavy atom. The minimum Gasteiger partial charge on any atom is -0.486 e. The number of para-hydroxylation sites is 1. The maximum Gasteiger partial charge on any atom is 0.325 e. The van der Waals surface area contributed by atoms with Crippen LogP contribution in [0.25, 0.3) is 10.9 Å². The van der Waals surface area contributed by atoms with Crippen LogP contribution in [0.2, 0.25) is 0 Å². The minimum atomic E-state index is -0.693. The van der Waals surface area contributed by atoms with Crippen LogP contribution in [0.5, 0.6) is 11.5 Å². The van der Waals surface area contributed by atoms with Crippen LogP contribution in [-0.2, 0) is 11.3 Å². The van der Waals surface area contributed by atoms with Gasteiger partial charge in [0.15, 0.2) is 16.7 Å². The number of ether oxygens (including phenoxy) is 2. The number of rotatable bonds is 7. The van der Waals surface area contributed by atoms with Gasteiger partial charge in [-0.25, -0.2) is 9.78 Å². The molecule has 3 aromatic rings. The van der Waals surface area contributed by atoms with Crippen LogP contribution >= 0.6 is 11.8 Å². The largest absolute Gasteiger partial charge is 0.486 e. The highest BCUT2D eigenvalue weighted by atomic mass is 32.2. The van der Waals surface area contributed by atoms with Crippen molar-refractivity contribution in [3.63, 3.8) is 0 Å². The van der Waals surface area contributed by atoms with E-state index in [0.29, 0.717) is 52.9 Å². The Balaban J connectivity index is 1.40. The smallest absolute Gasteiger partial charge is 0.325 e. The highest BCUT2D eigenvalue weighted by molar-refractivity contribution is 7.99. The van der Waals surface area contributed by atoms with E-state index in [1.54, 1.807) is 42.5 Å². The molecule has 2 aromatic carbocycles. The average molecular weight is 471 g/mol. The van der Waals surface area contributed by atoms with Crippen molar-refractivity contribution in [1.29, 1.82) is 0 Å². The Hall–Kier alpha value is -3.57. The van der Waals surface area contributed by atoms with Crippen LogP contribution in [0.4, 0.5) is 10.5 Å². The first-order valence-electron chi connectivity index (χ1n) is 10.3. The van der Waals surface area contributed by atoms with Gasteiger partial charge in [0.2, 0.25) is 5.91 Å². The number of hydrogen-bond donors (Lipinski definition) is 3. The van der Waals surface area contributed by atoms with Gasteiger partial charge in [-0.05, 0) is 30.7 Å². The number of fused-ring (bicyclic) bond motifs is 2. The van der Waals surface area contributed by atoms with E-state index < -0.39 is 11.9 Å². The summed E-state index contributed by atoms with van der Waals surface area (Å²) in [6.07, 6.45) is 0.373. The number of carbonyl (C=O) groups is 2. The summed E-state index contributed by atoms with van der Waals surface area (Å²) < 4.78 is 12.3. The summed E-state index contributed by atoms with van der Waals surface area (Å²) in [7, 11) is 0. The summed E-state index contributed by atoms with van der Waals surface area (Å²) >= 11 is 1.04. The lowest BCUT2D eigenvalue weighted by Crippen LogP contribution is -2.35. The summed E-state index contributed by atoms with van der Waals surface area (Å²) in [4.78, 5) is 41.9. The molecule has 0 atom stereocenters. The van der Waals surface area contributed by atoms with E-state index in [-0.39, 0.29) is 24.5 Å². The number of aliphatic hydroxyl groups excluding tert-OH is 1. The second-order valence-corrected chi connectivity index (χ2v) is 8.04. The lowest BCUT2D eigenvalue weighted by Gasteiger charge is -2.19. The molecule has 2 heterocycles. The molecule has 0 unspecified atom stereocenters. The molecule has 0 fully saturated rings. The molecule has 10 nitrogen and oxygen atoms in total. The third kappa shape index (κ3) is 5.44. The van der Waals surface area contributed by atoms with Gasteiger partial charge in [0.05, 0.1) is 16.7 Å². The Kier molecular flexibility index (Phi) is 7.10. The lowest BCUT2D eigenvalue weighted by molar-refractivity contribution is -0.117. The second kappa shape index (κ2) is 10.4.